The number of hydrogen-bond donors (Lipinski definition) is 1. The number of imide groups is 1. The van der Waals surface area contributed by atoms with Crippen LogP contribution in [0, 0.1) is 11.3 Å². The maximum absolute atomic E-state index is 12.8. The zero-order chi connectivity index (χ0) is 17.3. The number of nitrogens with one attached hydrogen (secondary N) is 1. The molecule has 2 aromatic rings. The Hall–Kier alpha value is -2.91. The normalized spacial score (nSPS) is 20.0. The molecule has 3 amide bonds. The molecule has 24 heavy (non-hydrogen) atoms. The van der Waals surface area contributed by atoms with Crippen LogP contribution in [0.15, 0.2) is 42.6 Å². The number of aromatic nitrogens is 1. The van der Waals surface area contributed by atoms with Crippen LogP contribution in [0.1, 0.15) is 23.7 Å². The maximum Gasteiger partial charge on any atom is 0.325 e. The second-order valence-electron chi connectivity index (χ2n) is 5.61. The van der Waals surface area contributed by atoms with E-state index < -0.39 is 11.6 Å². The summed E-state index contributed by atoms with van der Waals surface area (Å²) < 4.78 is 0. The molecule has 0 bridgehead atoms. The van der Waals surface area contributed by atoms with E-state index in [9.17, 15) is 9.59 Å². The fourth-order valence-corrected chi connectivity index (χ4v) is 2.71. The first-order valence-electron chi connectivity index (χ1n) is 7.19. The fourth-order valence-electron chi connectivity index (χ4n) is 2.60. The van der Waals surface area contributed by atoms with Crippen molar-refractivity contribution in [3.63, 3.8) is 0 Å². The number of hydrogen-bond acceptors (Lipinski definition) is 4. The first kappa shape index (κ1) is 16.0. The van der Waals surface area contributed by atoms with E-state index >= 15 is 0 Å². The third-order valence-corrected chi connectivity index (χ3v) is 4.18. The number of amides is 3. The van der Waals surface area contributed by atoms with Crippen LogP contribution in [-0.4, -0.2) is 21.8 Å². The zero-order valence-corrected chi connectivity index (χ0v) is 13.5. The highest BCUT2D eigenvalue weighted by Crippen LogP contribution is 2.30. The first-order chi connectivity index (χ1) is 11.4. The lowest BCUT2D eigenvalue weighted by Gasteiger charge is -2.22. The average Bonchev–Trinajstić information content (AvgIpc) is 2.81. The van der Waals surface area contributed by atoms with E-state index in [4.69, 9.17) is 16.9 Å². The summed E-state index contributed by atoms with van der Waals surface area (Å²) in [4.78, 5) is 30.3. The Labute approximate surface area is 143 Å². The molecule has 0 saturated carbocycles. The number of urea groups is 1. The van der Waals surface area contributed by atoms with E-state index in [1.807, 2.05) is 6.07 Å². The lowest BCUT2D eigenvalue weighted by molar-refractivity contribution is -0.131. The average molecular weight is 341 g/mol. The van der Waals surface area contributed by atoms with Crippen molar-refractivity contribution in [1.29, 1.82) is 5.26 Å². The molecular formula is C17H13ClN4O2. The van der Waals surface area contributed by atoms with Gasteiger partial charge in [-0.2, -0.15) is 5.26 Å². The van der Waals surface area contributed by atoms with Crippen LogP contribution in [0.25, 0.3) is 0 Å². The Morgan fingerprint density at radius 1 is 1.33 bits per heavy atom. The van der Waals surface area contributed by atoms with E-state index in [1.54, 1.807) is 43.3 Å². The van der Waals surface area contributed by atoms with Crippen molar-refractivity contribution in [3.8, 4) is 6.07 Å². The van der Waals surface area contributed by atoms with Crippen LogP contribution >= 0.6 is 11.6 Å². The number of nitriles is 1. The van der Waals surface area contributed by atoms with Crippen molar-refractivity contribution in [1.82, 2.24) is 15.2 Å². The third kappa shape index (κ3) is 2.70. The molecule has 0 unspecified atom stereocenters. The van der Waals surface area contributed by atoms with Crippen LogP contribution in [0.3, 0.4) is 0 Å². The molecule has 2 heterocycles. The quantitative estimate of drug-likeness (QED) is 0.870. The van der Waals surface area contributed by atoms with Crippen LogP contribution in [0.4, 0.5) is 4.79 Å². The minimum absolute atomic E-state index is 0.0510. The number of carbonyl (C=O) groups excluding carboxylic acids is 2. The van der Waals surface area contributed by atoms with Gasteiger partial charge < -0.3 is 5.32 Å². The van der Waals surface area contributed by atoms with Crippen molar-refractivity contribution < 1.29 is 9.59 Å². The molecule has 1 fully saturated rings. The van der Waals surface area contributed by atoms with Gasteiger partial charge in [-0.1, -0.05) is 23.7 Å². The molecule has 0 radical (unpaired) electrons. The van der Waals surface area contributed by atoms with Crippen LogP contribution in [0.5, 0.6) is 0 Å². The van der Waals surface area contributed by atoms with Gasteiger partial charge >= 0.3 is 6.03 Å². The zero-order valence-electron chi connectivity index (χ0n) is 12.8. The van der Waals surface area contributed by atoms with Crippen LogP contribution in [-0.2, 0) is 16.9 Å². The van der Waals surface area contributed by atoms with E-state index in [-0.39, 0.29) is 12.5 Å². The molecule has 0 spiro atoms. The fraction of sp³-hybridized carbons (Fsp3) is 0.176. The van der Waals surface area contributed by atoms with Crippen molar-refractivity contribution in [3.05, 3.63) is 64.4 Å². The Morgan fingerprint density at radius 2 is 2.12 bits per heavy atom. The molecule has 1 aliphatic rings. The SMILES string of the molecule is C[C@@]1(c2cccc(C#N)c2)NC(=O)N(Cc2ccc(Cl)cn2)C1=O. The Kier molecular flexibility index (Phi) is 3.96. The third-order valence-electron chi connectivity index (χ3n) is 3.95. The molecule has 1 atom stereocenters. The van der Waals surface area contributed by atoms with Gasteiger partial charge in [-0.3, -0.25) is 14.7 Å². The first-order valence-corrected chi connectivity index (χ1v) is 7.57. The van der Waals surface area contributed by atoms with E-state index in [1.165, 1.54) is 6.20 Å². The van der Waals surface area contributed by atoms with Crippen molar-refractivity contribution in [2.75, 3.05) is 0 Å². The summed E-state index contributed by atoms with van der Waals surface area (Å²) in [7, 11) is 0. The van der Waals surface area contributed by atoms with Gasteiger partial charge in [0.05, 0.1) is 28.9 Å². The van der Waals surface area contributed by atoms with Gasteiger partial charge in [0.15, 0.2) is 0 Å². The standard InChI is InChI=1S/C17H13ClN4O2/c1-17(12-4-2-3-11(7-12)8-19)15(23)22(16(24)21-17)10-14-6-5-13(18)9-20-14/h2-7,9H,10H2,1H3,(H,21,24)/t17-/m0/s1. The second-order valence-corrected chi connectivity index (χ2v) is 6.04. The van der Waals surface area contributed by atoms with Gasteiger partial charge in [-0.25, -0.2) is 4.79 Å². The van der Waals surface area contributed by atoms with Gasteiger partial charge in [0, 0.05) is 6.20 Å². The summed E-state index contributed by atoms with van der Waals surface area (Å²) in [6.07, 6.45) is 1.46. The highest BCUT2D eigenvalue weighted by atomic mass is 35.5. The predicted octanol–water partition coefficient (Wildman–Crippen LogP) is 2.57. The number of nitrogens with zero attached hydrogens (tertiary/aromatic N) is 3. The van der Waals surface area contributed by atoms with Crippen LogP contribution in [0.2, 0.25) is 5.02 Å². The summed E-state index contributed by atoms with van der Waals surface area (Å²) in [5.41, 5.74) is 0.328. The van der Waals surface area contributed by atoms with Gasteiger partial charge in [-0.05, 0) is 36.8 Å². The molecule has 0 aliphatic carbocycles. The monoisotopic (exact) mass is 340 g/mol. The van der Waals surface area contributed by atoms with Crippen LogP contribution < -0.4 is 5.32 Å². The van der Waals surface area contributed by atoms with Gasteiger partial charge in [0.1, 0.15) is 5.54 Å². The lowest BCUT2D eigenvalue weighted by atomic mass is 9.91. The van der Waals surface area contributed by atoms with E-state index in [2.05, 4.69) is 10.3 Å². The molecule has 1 aliphatic heterocycles. The number of benzene rings is 1. The molecular weight excluding hydrogens is 328 g/mol. The van der Waals surface area contributed by atoms with Crippen molar-refractivity contribution in [2.24, 2.45) is 0 Å². The number of halogens is 1. The highest BCUT2D eigenvalue weighted by molar-refractivity contribution is 6.30. The number of pyridine rings is 1. The molecule has 3 rings (SSSR count). The highest BCUT2D eigenvalue weighted by Gasteiger charge is 2.49. The maximum atomic E-state index is 12.8. The summed E-state index contributed by atoms with van der Waals surface area (Å²) in [5.74, 6) is -0.390. The van der Waals surface area contributed by atoms with Crippen molar-refractivity contribution >= 4 is 23.5 Å². The largest absolute Gasteiger partial charge is 0.325 e. The smallest absolute Gasteiger partial charge is 0.319 e. The summed E-state index contributed by atoms with van der Waals surface area (Å²) >= 11 is 5.79. The summed E-state index contributed by atoms with van der Waals surface area (Å²) in [6.45, 7) is 1.67. The minimum atomic E-state index is -1.21. The molecule has 6 nitrogen and oxygen atoms in total. The van der Waals surface area contributed by atoms with Gasteiger partial charge in [0.25, 0.3) is 5.91 Å². The Balaban J connectivity index is 1.90. The Morgan fingerprint density at radius 3 is 2.79 bits per heavy atom. The topological polar surface area (TPSA) is 86.1 Å². The molecule has 120 valence electrons. The van der Waals surface area contributed by atoms with E-state index in [0.29, 0.717) is 21.8 Å². The molecule has 7 heteroatoms. The lowest BCUT2D eigenvalue weighted by Crippen LogP contribution is -2.40. The number of carbonyl (C=O) groups is 2. The second kappa shape index (κ2) is 5.95. The van der Waals surface area contributed by atoms with Gasteiger partial charge in [0.2, 0.25) is 0 Å². The summed E-state index contributed by atoms with van der Waals surface area (Å²) in [6, 6.07) is 11.5. The molecule has 1 saturated heterocycles. The van der Waals surface area contributed by atoms with E-state index in [0.717, 1.165) is 4.90 Å². The van der Waals surface area contributed by atoms with Crippen molar-refractivity contribution in [2.45, 2.75) is 19.0 Å². The number of rotatable bonds is 3. The van der Waals surface area contributed by atoms with Gasteiger partial charge in [-0.15, -0.1) is 0 Å². The predicted molar refractivity (Wildman–Crippen MR) is 86.8 cm³/mol. The molecule has 1 aromatic heterocycles. The summed E-state index contributed by atoms with van der Waals surface area (Å²) in [5, 5.41) is 12.2. The molecule has 1 N–H and O–H groups in total. The molecule has 1 aromatic carbocycles. The Bertz CT molecular complexity index is 860. The minimum Gasteiger partial charge on any atom is -0.319 e.